The Morgan fingerprint density at radius 3 is 2.67 bits per heavy atom. The molecule has 4 heteroatoms. The normalized spacial score (nSPS) is 13.8. The Morgan fingerprint density at radius 2 is 1.86 bits per heavy atom. The van der Waals surface area contributed by atoms with Crippen molar-refractivity contribution >= 4 is 34.9 Å². The topological polar surface area (TPSA) is 17.0 Å². The van der Waals surface area contributed by atoms with E-state index in [1.54, 1.807) is 0 Å². The number of hydrogen-bond donors (Lipinski definition) is 1. The van der Waals surface area contributed by atoms with E-state index in [9.17, 15) is 0 Å². The van der Waals surface area contributed by atoms with Gasteiger partial charge in [-0.3, -0.25) is 0 Å². The van der Waals surface area contributed by atoms with Crippen molar-refractivity contribution in [1.82, 2.24) is 9.88 Å². The van der Waals surface area contributed by atoms with E-state index in [-0.39, 0.29) is 12.4 Å². The van der Waals surface area contributed by atoms with E-state index in [0.29, 0.717) is 0 Å². The highest BCUT2D eigenvalue weighted by Gasteiger charge is 2.20. The average Bonchev–Trinajstić information content (AvgIpc) is 2.82. The van der Waals surface area contributed by atoms with Crippen LogP contribution in [0.15, 0.2) is 48.5 Å². The summed E-state index contributed by atoms with van der Waals surface area (Å²) < 4.78 is 2.38. The van der Waals surface area contributed by atoms with Crippen molar-refractivity contribution in [2.24, 2.45) is 0 Å². The molecule has 1 aliphatic heterocycles. The Bertz CT molecular complexity index is 778. The van der Waals surface area contributed by atoms with E-state index in [1.807, 2.05) is 6.07 Å². The van der Waals surface area contributed by atoms with Crippen LogP contribution < -0.4 is 5.32 Å². The second-order valence-corrected chi connectivity index (χ2v) is 5.62. The van der Waals surface area contributed by atoms with Crippen molar-refractivity contribution in [3.05, 3.63) is 64.8 Å². The molecule has 0 amide bonds. The predicted octanol–water partition coefficient (Wildman–Crippen LogP) is 4.35. The van der Waals surface area contributed by atoms with Crippen LogP contribution >= 0.6 is 24.0 Å². The SMILES string of the molecule is Cl.Clc1ccc2c(c1)c1c(n2-c2ccccc2)CCNC1. The minimum Gasteiger partial charge on any atom is -0.313 e. The van der Waals surface area contributed by atoms with Gasteiger partial charge in [0.2, 0.25) is 0 Å². The van der Waals surface area contributed by atoms with Gasteiger partial charge in [-0.05, 0) is 35.9 Å². The lowest BCUT2D eigenvalue weighted by atomic mass is 10.1. The fourth-order valence-corrected chi connectivity index (χ4v) is 3.30. The summed E-state index contributed by atoms with van der Waals surface area (Å²) in [7, 11) is 0. The van der Waals surface area contributed by atoms with Gasteiger partial charge in [-0.25, -0.2) is 0 Å². The van der Waals surface area contributed by atoms with Crippen molar-refractivity contribution in [2.45, 2.75) is 13.0 Å². The van der Waals surface area contributed by atoms with Crippen LogP contribution in [0.1, 0.15) is 11.3 Å². The highest BCUT2D eigenvalue weighted by atomic mass is 35.5. The average molecular weight is 319 g/mol. The van der Waals surface area contributed by atoms with Crippen LogP contribution in [-0.4, -0.2) is 11.1 Å². The number of para-hydroxylation sites is 1. The fraction of sp³-hybridized carbons (Fsp3) is 0.176. The number of rotatable bonds is 1. The Kier molecular flexibility index (Phi) is 3.94. The molecule has 1 aromatic heterocycles. The fourth-order valence-electron chi connectivity index (χ4n) is 3.13. The van der Waals surface area contributed by atoms with Gasteiger partial charge in [0.1, 0.15) is 0 Å². The highest BCUT2D eigenvalue weighted by molar-refractivity contribution is 6.31. The van der Waals surface area contributed by atoms with Crippen LogP contribution in [0.25, 0.3) is 16.6 Å². The van der Waals surface area contributed by atoms with E-state index in [2.05, 4.69) is 52.3 Å². The molecule has 0 radical (unpaired) electrons. The zero-order valence-electron chi connectivity index (χ0n) is 11.5. The number of nitrogens with zero attached hydrogens (tertiary/aromatic N) is 1. The van der Waals surface area contributed by atoms with Crippen LogP contribution in [0.4, 0.5) is 0 Å². The van der Waals surface area contributed by atoms with Gasteiger partial charge in [-0.1, -0.05) is 29.8 Å². The highest BCUT2D eigenvalue weighted by Crippen LogP contribution is 2.33. The molecule has 1 aliphatic rings. The quantitative estimate of drug-likeness (QED) is 0.705. The van der Waals surface area contributed by atoms with Crippen LogP contribution in [0.2, 0.25) is 5.02 Å². The zero-order chi connectivity index (χ0) is 13.5. The smallest absolute Gasteiger partial charge is 0.0535 e. The molecule has 0 saturated heterocycles. The maximum absolute atomic E-state index is 6.19. The van der Waals surface area contributed by atoms with E-state index in [1.165, 1.54) is 27.8 Å². The van der Waals surface area contributed by atoms with E-state index in [4.69, 9.17) is 11.6 Å². The van der Waals surface area contributed by atoms with E-state index >= 15 is 0 Å². The summed E-state index contributed by atoms with van der Waals surface area (Å²) in [5.74, 6) is 0. The third-order valence-electron chi connectivity index (χ3n) is 4.00. The first-order chi connectivity index (χ1) is 9.84. The molecule has 0 unspecified atom stereocenters. The molecule has 0 saturated carbocycles. The lowest BCUT2D eigenvalue weighted by Crippen LogP contribution is -2.24. The minimum absolute atomic E-state index is 0. The summed E-state index contributed by atoms with van der Waals surface area (Å²) in [6, 6.07) is 16.7. The molecule has 0 aliphatic carbocycles. The molecule has 4 rings (SSSR count). The second kappa shape index (κ2) is 5.72. The first kappa shape index (κ1) is 14.5. The number of benzene rings is 2. The Morgan fingerprint density at radius 1 is 1.05 bits per heavy atom. The van der Waals surface area contributed by atoms with Crippen LogP contribution in [0.5, 0.6) is 0 Å². The van der Waals surface area contributed by atoms with Crippen molar-refractivity contribution in [2.75, 3.05) is 6.54 Å². The number of nitrogens with one attached hydrogen (secondary N) is 1. The molecule has 0 spiro atoms. The molecule has 0 atom stereocenters. The lowest BCUT2D eigenvalue weighted by molar-refractivity contribution is 0.631. The Hall–Kier alpha value is -1.48. The lowest BCUT2D eigenvalue weighted by Gasteiger charge is -2.17. The number of fused-ring (bicyclic) bond motifs is 3. The van der Waals surface area contributed by atoms with Crippen molar-refractivity contribution < 1.29 is 0 Å². The molecule has 108 valence electrons. The number of halogens is 2. The molecule has 0 bridgehead atoms. The summed E-state index contributed by atoms with van der Waals surface area (Å²) in [6.07, 6.45) is 1.05. The molecular weight excluding hydrogens is 303 g/mol. The minimum atomic E-state index is 0. The second-order valence-electron chi connectivity index (χ2n) is 5.18. The third-order valence-corrected chi connectivity index (χ3v) is 4.23. The summed E-state index contributed by atoms with van der Waals surface area (Å²) in [5, 5.41) is 5.53. The first-order valence-electron chi connectivity index (χ1n) is 6.92. The van der Waals surface area contributed by atoms with Gasteiger partial charge in [-0.15, -0.1) is 12.4 Å². The zero-order valence-corrected chi connectivity index (χ0v) is 13.0. The third kappa shape index (κ3) is 2.34. The first-order valence-corrected chi connectivity index (χ1v) is 7.30. The number of hydrogen-bond acceptors (Lipinski definition) is 1. The van der Waals surface area contributed by atoms with Crippen molar-refractivity contribution in [1.29, 1.82) is 0 Å². The molecule has 21 heavy (non-hydrogen) atoms. The van der Waals surface area contributed by atoms with E-state index in [0.717, 1.165) is 24.5 Å². The predicted molar refractivity (Wildman–Crippen MR) is 90.9 cm³/mol. The molecule has 2 heterocycles. The summed E-state index contributed by atoms with van der Waals surface area (Å²) >= 11 is 6.19. The van der Waals surface area contributed by atoms with Gasteiger partial charge >= 0.3 is 0 Å². The summed E-state index contributed by atoms with van der Waals surface area (Å²) in [6.45, 7) is 1.95. The van der Waals surface area contributed by atoms with Gasteiger partial charge in [0.05, 0.1) is 5.52 Å². The summed E-state index contributed by atoms with van der Waals surface area (Å²) in [5.41, 5.74) is 5.27. The molecular formula is C17H16Cl2N2. The molecule has 3 aromatic rings. The monoisotopic (exact) mass is 318 g/mol. The molecule has 1 N–H and O–H groups in total. The van der Waals surface area contributed by atoms with Gasteiger partial charge in [-0.2, -0.15) is 0 Å². The Balaban J connectivity index is 0.00000132. The van der Waals surface area contributed by atoms with Gasteiger partial charge in [0, 0.05) is 41.3 Å². The maximum atomic E-state index is 6.19. The van der Waals surface area contributed by atoms with Gasteiger partial charge in [0.15, 0.2) is 0 Å². The van der Waals surface area contributed by atoms with Crippen LogP contribution in [0, 0.1) is 0 Å². The largest absolute Gasteiger partial charge is 0.313 e. The van der Waals surface area contributed by atoms with Gasteiger partial charge in [0.25, 0.3) is 0 Å². The molecule has 0 fully saturated rings. The standard InChI is InChI=1S/C17H15ClN2.ClH/c18-12-6-7-16-14(10-12)15-11-19-9-8-17(15)20(16)13-4-2-1-3-5-13;/h1-7,10,19H,8-9,11H2;1H. The van der Waals surface area contributed by atoms with Crippen LogP contribution in [-0.2, 0) is 13.0 Å². The Labute approximate surface area is 135 Å². The molecule has 2 nitrogen and oxygen atoms in total. The maximum Gasteiger partial charge on any atom is 0.0535 e. The summed E-state index contributed by atoms with van der Waals surface area (Å²) in [4.78, 5) is 0. The number of aromatic nitrogens is 1. The van der Waals surface area contributed by atoms with Gasteiger partial charge < -0.3 is 9.88 Å². The van der Waals surface area contributed by atoms with Crippen molar-refractivity contribution in [3.63, 3.8) is 0 Å². The van der Waals surface area contributed by atoms with Crippen LogP contribution in [0.3, 0.4) is 0 Å². The molecule has 2 aromatic carbocycles. The van der Waals surface area contributed by atoms with E-state index < -0.39 is 0 Å². The van der Waals surface area contributed by atoms with Crippen molar-refractivity contribution in [3.8, 4) is 5.69 Å².